The van der Waals surface area contributed by atoms with Crippen LogP contribution in [-0.2, 0) is 16.0 Å². The van der Waals surface area contributed by atoms with Crippen LogP contribution >= 0.6 is 0 Å². The van der Waals surface area contributed by atoms with Crippen molar-refractivity contribution in [2.45, 2.75) is 45.6 Å². The van der Waals surface area contributed by atoms with Gasteiger partial charge in [-0.15, -0.1) is 0 Å². The normalized spacial score (nSPS) is 13.6. The van der Waals surface area contributed by atoms with Crippen molar-refractivity contribution in [1.82, 2.24) is 5.16 Å². The average Bonchev–Trinajstić information content (AvgIpc) is 3.40. The number of aryl methyl sites for hydroxylation is 1. The summed E-state index contributed by atoms with van der Waals surface area (Å²) in [7, 11) is 0. The van der Waals surface area contributed by atoms with Gasteiger partial charge in [-0.3, -0.25) is 10.1 Å². The molecule has 2 amide bonds. The Bertz CT molecular complexity index is 1710. The van der Waals surface area contributed by atoms with E-state index in [1.807, 2.05) is 0 Å². The number of hydrogen-bond acceptors (Lipinski definition) is 8. The number of amides is 2. The molecule has 0 radical (unpaired) electrons. The zero-order valence-corrected chi connectivity index (χ0v) is 23.8. The molecule has 5 rings (SSSR count). The minimum absolute atomic E-state index is 0.169. The van der Waals surface area contributed by atoms with Crippen molar-refractivity contribution in [3.05, 3.63) is 101 Å². The Balaban J connectivity index is 1.27. The number of halogens is 1. The van der Waals surface area contributed by atoms with Gasteiger partial charge in [-0.1, -0.05) is 22.4 Å². The number of hydrogen-bond donors (Lipinski definition) is 2. The number of benzene rings is 3. The Morgan fingerprint density at radius 2 is 1.58 bits per heavy atom. The highest BCUT2D eigenvalue weighted by molar-refractivity contribution is 6.07. The van der Waals surface area contributed by atoms with E-state index in [0.717, 1.165) is 6.42 Å². The molecule has 0 saturated heterocycles. The molecule has 0 unspecified atom stereocenters. The molecule has 1 aliphatic carbocycles. The smallest absolute Gasteiger partial charge is 0.412 e. The maximum atomic E-state index is 13.4. The second-order valence-electron chi connectivity index (χ2n) is 10.8. The van der Waals surface area contributed by atoms with Gasteiger partial charge >= 0.3 is 12.1 Å². The van der Waals surface area contributed by atoms with Gasteiger partial charge in [0.25, 0.3) is 5.91 Å². The number of oxime groups is 1. The van der Waals surface area contributed by atoms with E-state index in [9.17, 15) is 18.8 Å². The third-order valence-corrected chi connectivity index (χ3v) is 6.35. The van der Waals surface area contributed by atoms with Crippen LogP contribution in [0.1, 0.15) is 65.7 Å². The first kappa shape index (κ1) is 29.2. The van der Waals surface area contributed by atoms with Crippen molar-refractivity contribution in [2.75, 3.05) is 10.6 Å². The maximum absolute atomic E-state index is 13.4. The third kappa shape index (κ3) is 7.31. The maximum Gasteiger partial charge on any atom is 0.412 e. The van der Waals surface area contributed by atoms with Crippen LogP contribution in [0.4, 0.5) is 20.6 Å². The zero-order chi connectivity index (χ0) is 30.6. The molecule has 1 aromatic heterocycles. The van der Waals surface area contributed by atoms with Crippen LogP contribution in [0.5, 0.6) is 0 Å². The Morgan fingerprint density at radius 1 is 0.907 bits per heavy atom. The molecule has 0 aliphatic heterocycles. The molecular formula is C32H29FN4O6. The largest absolute Gasteiger partial charge is 0.444 e. The van der Waals surface area contributed by atoms with Crippen LogP contribution in [0.15, 0.2) is 82.5 Å². The molecule has 0 bridgehead atoms. The van der Waals surface area contributed by atoms with Gasteiger partial charge in [-0.25, -0.2) is 14.0 Å². The molecule has 43 heavy (non-hydrogen) atoms. The van der Waals surface area contributed by atoms with E-state index in [1.54, 1.807) is 69.3 Å². The van der Waals surface area contributed by atoms with Crippen molar-refractivity contribution in [3.63, 3.8) is 0 Å². The van der Waals surface area contributed by atoms with E-state index in [4.69, 9.17) is 14.1 Å². The van der Waals surface area contributed by atoms with Crippen molar-refractivity contribution in [2.24, 2.45) is 5.16 Å². The fourth-order valence-corrected chi connectivity index (χ4v) is 4.47. The van der Waals surface area contributed by atoms with Crippen LogP contribution in [0, 0.1) is 5.82 Å². The van der Waals surface area contributed by atoms with E-state index in [1.165, 1.54) is 24.3 Å². The number of ether oxygens (including phenoxy) is 1. The highest BCUT2D eigenvalue weighted by Gasteiger charge is 2.27. The standard InChI is InChI=1S/C32H29FN4O6/c1-32(2,3)41-31(40)35-24-10-4-7-20(17-24)29(38)34-23-9-5-8-21(18-23)30(39)43-36-25-11-6-12-26-27(25)28(37-42-26)19-13-15-22(33)16-14-19/h4-5,7-10,13-18H,6,11-12H2,1-3H3,(H,34,38)(H,35,40)/b36-25+. The first-order valence-corrected chi connectivity index (χ1v) is 13.6. The topological polar surface area (TPSA) is 132 Å². The Morgan fingerprint density at radius 3 is 2.30 bits per heavy atom. The first-order chi connectivity index (χ1) is 20.6. The average molecular weight is 585 g/mol. The molecule has 11 heteroatoms. The van der Waals surface area contributed by atoms with Crippen LogP contribution < -0.4 is 10.6 Å². The van der Waals surface area contributed by atoms with Gasteiger partial charge in [0, 0.05) is 28.9 Å². The lowest BCUT2D eigenvalue weighted by atomic mass is 9.92. The second kappa shape index (κ2) is 12.3. The first-order valence-electron chi connectivity index (χ1n) is 13.6. The van der Waals surface area contributed by atoms with E-state index in [0.29, 0.717) is 52.5 Å². The molecule has 220 valence electrons. The highest BCUT2D eigenvalue weighted by Crippen LogP contribution is 2.32. The minimum Gasteiger partial charge on any atom is -0.444 e. The summed E-state index contributed by atoms with van der Waals surface area (Å²) in [4.78, 5) is 43.2. The van der Waals surface area contributed by atoms with Crippen molar-refractivity contribution in [1.29, 1.82) is 0 Å². The number of carbonyl (C=O) groups is 3. The molecule has 0 saturated carbocycles. The van der Waals surface area contributed by atoms with E-state index < -0.39 is 23.6 Å². The predicted octanol–water partition coefficient (Wildman–Crippen LogP) is 6.98. The lowest BCUT2D eigenvalue weighted by molar-refractivity contribution is 0.0514. The Labute approximate surface area is 246 Å². The van der Waals surface area contributed by atoms with Crippen LogP contribution in [0.2, 0.25) is 0 Å². The monoisotopic (exact) mass is 584 g/mol. The predicted molar refractivity (Wildman–Crippen MR) is 157 cm³/mol. The quantitative estimate of drug-likeness (QED) is 0.185. The summed E-state index contributed by atoms with van der Waals surface area (Å²) >= 11 is 0. The summed E-state index contributed by atoms with van der Waals surface area (Å²) in [6, 6.07) is 18.5. The van der Waals surface area contributed by atoms with E-state index in [2.05, 4.69) is 20.9 Å². The molecule has 0 spiro atoms. The minimum atomic E-state index is -0.723. The second-order valence-corrected chi connectivity index (χ2v) is 10.8. The van der Waals surface area contributed by atoms with Crippen molar-refractivity contribution < 1.29 is 32.9 Å². The molecular weight excluding hydrogens is 555 g/mol. The van der Waals surface area contributed by atoms with E-state index in [-0.39, 0.29) is 16.9 Å². The molecule has 1 heterocycles. The summed E-state index contributed by atoms with van der Waals surface area (Å²) in [5.74, 6) is -0.922. The number of nitrogens with zero attached hydrogens (tertiary/aromatic N) is 2. The number of carbonyl (C=O) groups excluding carboxylic acids is 3. The Kier molecular flexibility index (Phi) is 8.33. The van der Waals surface area contributed by atoms with Gasteiger partial charge in [-0.05, 0) is 94.3 Å². The molecule has 2 N–H and O–H groups in total. The van der Waals surface area contributed by atoms with Gasteiger partial charge in [0.2, 0.25) is 0 Å². The molecule has 10 nitrogen and oxygen atoms in total. The lowest BCUT2D eigenvalue weighted by Crippen LogP contribution is -2.27. The van der Waals surface area contributed by atoms with Crippen molar-refractivity contribution in [3.8, 4) is 11.3 Å². The number of fused-ring (bicyclic) bond motifs is 1. The number of rotatable bonds is 6. The van der Waals surface area contributed by atoms with Gasteiger partial charge in [-0.2, -0.15) is 0 Å². The SMILES string of the molecule is CC(C)(C)OC(=O)Nc1cccc(C(=O)Nc2cccc(C(=O)O/N=C3\CCCc4onc(-c5ccc(F)cc5)c43)c2)c1. The highest BCUT2D eigenvalue weighted by atomic mass is 19.1. The van der Waals surface area contributed by atoms with Gasteiger partial charge in [0.15, 0.2) is 0 Å². The van der Waals surface area contributed by atoms with Gasteiger partial charge in [0.1, 0.15) is 22.9 Å². The summed E-state index contributed by atoms with van der Waals surface area (Å²) in [5, 5.41) is 13.6. The van der Waals surface area contributed by atoms with Crippen LogP contribution in [0.25, 0.3) is 11.3 Å². The lowest BCUT2D eigenvalue weighted by Gasteiger charge is -2.19. The molecule has 4 aromatic rings. The summed E-state index contributed by atoms with van der Waals surface area (Å²) < 4.78 is 24.2. The zero-order valence-electron chi connectivity index (χ0n) is 23.8. The number of anilines is 2. The summed E-state index contributed by atoms with van der Waals surface area (Å²) in [6.07, 6.45) is 1.28. The molecule has 3 aromatic carbocycles. The fourth-order valence-electron chi connectivity index (χ4n) is 4.47. The van der Waals surface area contributed by atoms with Crippen LogP contribution in [-0.4, -0.2) is 34.4 Å². The third-order valence-electron chi connectivity index (χ3n) is 6.35. The number of nitrogens with one attached hydrogen (secondary N) is 2. The van der Waals surface area contributed by atoms with Gasteiger partial charge in [0.05, 0.1) is 16.8 Å². The summed E-state index contributed by atoms with van der Waals surface area (Å²) in [6.45, 7) is 5.26. The Hall–Kier alpha value is -5.32. The van der Waals surface area contributed by atoms with Crippen molar-refractivity contribution >= 4 is 35.1 Å². The molecule has 0 fully saturated rings. The summed E-state index contributed by atoms with van der Waals surface area (Å²) in [5.41, 5.74) is 2.82. The van der Waals surface area contributed by atoms with Crippen LogP contribution in [0.3, 0.4) is 0 Å². The molecule has 0 atom stereocenters. The fraction of sp³-hybridized carbons (Fsp3) is 0.219. The molecule has 1 aliphatic rings. The van der Waals surface area contributed by atoms with Gasteiger partial charge < -0.3 is 19.4 Å². The van der Waals surface area contributed by atoms with E-state index >= 15 is 0 Å². The number of aromatic nitrogens is 1.